The number of aromatic nitrogens is 2. The van der Waals surface area contributed by atoms with Crippen LogP contribution in [0.4, 0.5) is 0 Å². The average molecular weight is 226 g/mol. The highest BCUT2D eigenvalue weighted by Crippen LogP contribution is 2.39. The predicted molar refractivity (Wildman–Crippen MR) is 59.0 cm³/mol. The van der Waals surface area contributed by atoms with Crippen molar-refractivity contribution in [3.63, 3.8) is 0 Å². The predicted octanol–water partition coefficient (Wildman–Crippen LogP) is 1.62. The molecule has 5 heteroatoms. The van der Waals surface area contributed by atoms with Gasteiger partial charge in [0.05, 0.1) is 5.69 Å². The zero-order valence-corrected chi connectivity index (χ0v) is 9.46. The molecule has 1 aromatic rings. The third-order valence-corrected chi connectivity index (χ3v) is 3.96. The van der Waals surface area contributed by atoms with Gasteiger partial charge in [0.25, 0.3) is 0 Å². The van der Waals surface area contributed by atoms with Crippen molar-refractivity contribution in [1.82, 2.24) is 9.55 Å². The second kappa shape index (κ2) is 4.26. The second-order valence-corrected chi connectivity index (χ2v) is 5.08. The summed E-state index contributed by atoms with van der Waals surface area (Å²) in [5.74, 6) is 1.01. The molecule has 1 saturated heterocycles. The fourth-order valence-corrected chi connectivity index (χ4v) is 3.03. The molecule has 1 atom stereocenters. The quantitative estimate of drug-likeness (QED) is 0.850. The molecule has 0 aromatic carbocycles. The first-order valence-electron chi connectivity index (χ1n) is 5.02. The number of imidazole rings is 1. The van der Waals surface area contributed by atoms with E-state index in [1.54, 1.807) is 0 Å². The van der Waals surface area contributed by atoms with Crippen LogP contribution in [0.15, 0.2) is 6.20 Å². The van der Waals surface area contributed by atoms with Crippen molar-refractivity contribution >= 4 is 17.7 Å². The van der Waals surface area contributed by atoms with Crippen LogP contribution >= 0.6 is 11.8 Å². The molecule has 82 valence electrons. The van der Waals surface area contributed by atoms with Crippen LogP contribution in [0.25, 0.3) is 0 Å². The van der Waals surface area contributed by atoms with Crippen molar-refractivity contribution in [2.45, 2.75) is 24.5 Å². The van der Waals surface area contributed by atoms with Crippen LogP contribution in [-0.4, -0.2) is 26.4 Å². The Labute approximate surface area is 92.7 Å². The molecule has 1 aliphatic rings. The van der Waals surface area contributed by atoms with Crippen LogP contribution in [0.2, 0.25) is 0 Å². The molecular weight excluding hydrogens is 212 g/mol. The van der Waals surface area contributed by atoms with Crippen LogP contribution in [0.1, 0.15) is 29.6 Å². The Bertz CT molecular complexity index is 369. The molecule has 0 amide bonds. The third kappa shape index (κ3) is 2.34. The lowest BCUT2D eigenvalue weighted by molar-refractivity contribution is -0.136. The zero-order valence-electron chi connectivity index (χ0n) is 8.64. The Balaban J connectivity index is 2.16. The van der Waals surface area contributed by atoms with Gasteiger partial charge in [-0.1, -0.05) is 0 Å². The van der Waals surface area contributed by atoms with Gasteiger partial charge in [-0.15, -0.1) is 0 Å². The number of carboxylic acids is 1. The van der Waals surface area contributed by atoms with E-state index in [9.17, 15) is 4.79 Å². The highest BCUT2D eigenvalue weighted by molar-refractivity contribution is 7.99. The zero-order chi connectivity index (χ0) is 10.8. The van der Waals surface area contributed by atoms with Crippen LogP contribution in [0.5, 0.6) is 0 Å². The summed E-state index contributed by atoms with van der Waals surface area (Å²) in [4.78, 5) is 15.0. The highest BCUT2D eigenvalue weighted by Gasteiger charge is 2.21. The molecule has 0 spiro atoms. The maximum Gasteiger partial charge on any atom is 0.311 e. The SMILES string of the molecule is Cn1cc(C2CCCS2)nc1CC(=O)O. The van der Waals surface area contributed by atoms with Gasteiger partial charge >= 0.3 is 5.97 Å². The minimum absolute atomic E-state index is 0.00782. The Kier molecular flexibility index (Phi) is 3.00. The van der Waals surface area contributed by atoms with Crippen molar-refractivity contribution in [2.24, 2.45) is 7.05 Å². The van der Waals surface area contributed by atoms with Gasteiger partial charge in [-0.05, 0) is 18.6 Å². The Hall–Kier alpha value is -0.970. The fraction of sp³-hybridized carbons (Fsp3) is 0.600. The minimum atomic E-state index is -0.825. The van der Waals surface area contributed by atoms with E-state index in [4.69, 9.17) is 5.11 Å². The molecule has 4 nitrogen and oxygen atoms in total. The van der Waals surface area contributed by atoms with Crippen molar-refractivity contribution in [2.75, 3.05) is 5.75 Å². The van der Waals surface area contributed by atoms with Crippen molar-refractivity contribution in [3.8, 4) is 0 Å². The monoisotopic (exact) mass is 226 g/mol. The lowest BCUT2D eigenvalue weighted by atomic mass is 10.2. The number of hydrogen-bond donors (Lipinski definition) is 1. The van der Waals surface area contributed by atoms with E-state index in [1.165, 1.54) is 12.2 Å². The van der Waals surface area contributed by atoms with E-state index < -0.39 is 5.97 Å². The lowest BCUT2D eigenvalue weighted by Crippen LogP contribution is -2.06. The number of carbonyl (C=O) groups is 1. The van der Waals surface area contributed by atoms with Crippen molar-refractivity contribution < 1.29 is 9.90 Å². The fourth-order valence-electron chi connectivity index (χ4n) is 1.80. The number of thioether (sulfide) groups is 1. The highest BCUT2D eigenvalue weighted by atomic mass is 32.2. The molecule has 1 N–H and O–H groups in total. The van der Waals surface area contributed by atoms with Gasteiger partial charge in [0.2, 0.25) is 0 Å². The maximum absolute atomic E-state index is 10.6. The van der Waals surface area contributed by atoms with E-state index in [2.05, 4.69) is 4.98 Å². The normalized spacial score (nSPS) is 20.7. The summed E-state index contributed by atoms with van der Waals surface area (Å²) in [6, 6.07) is 0. The summed E-state index contributed by atoms with van der Waals surface area (Å²) in [5.41, 5.74) is 1.04. The minimum Gasteiger partial charge on any atom is -0.481 e. The molecule has 0 radical (unpaired) electrons. The first kappa shape index (κ1) is 10.5. The number of nitrogens with zero attached hydrogens (tertiary/aromatic N) is 2. The molecule has 1 fully saturated rings. The van der Waals surface area contributed by atoms with E-state index in [0.717, 1.165) is 12.1 Å². The number of hydrogen-bond acceptors (Lipinski definition) is 3. The molecule has 0 bridgehead atoms. The summed E-state index contributed by atoms with van der Waals surface area (Å²) in [6.07, 6.45) is 4.36. The third-order valence-electron chi connectivity index (χ3n) is 2.56. The van der Waals surface area contributed by atoms with Crippen LogP contribution in [0, 0.1) is 0 Å². The topological polar surface area (TPSA) is 55.1 Å². The summed E-state index contributed by atoms with van der Waals surface area (Å²) >= 11 is 1.91. The summed E-state index contributed by atoms with van der Waals surface area (Å²) in [6.45, 7) is 0. The largest absolute Gasteiger partial charge is 0.481 e. The van der Waals surface area contributed by atoms with Crippen molar-refractivity contribution in [3.05, 3.63) is 17.7 Å². The maximum atomic E-state index is 10.6. The van der Waals surface area contributed by atoms with Gasteiger partial charge in [-0.2, -0.15) is 11.8 Å². The number of aryl methyl sites for hydroxylation is 1. The van der Waals surface area contributed by atoms with E-state index in [-0.39, 0.29) is 6.42 Å². The van der Waals surface area contributed by atoms with Crippen LogP contribution in [0.3, 0.4) is 0 Å². The van der Waals surface area contributed by atoms with Gasteiger partial charge in [0.15, 0.2) is 0 Å². The van der Waals surface area contributed by atoms with Crippen LogP contribution in [-0.2, 0) is 18.3 Å². The molecule has 0 aliphatic carbocycles. The van der Waals surface area contributed by atoms with E-state index >= 15 is 0 Å². The van der Waals surface area contributed by atoms with Gasteiger partial charge in [0, 0.05) is 18.5 Å². The number of carboxylic acid groups (broad SMARTS) is 1. The molecule has 1 aliphatic heterocycles. The molecule has 1 unspecified atom stereocenters. The first-order chi connectivity index (χ1) is 7.16. The van der Waals surface area contributed by atoms with Crippen LogP contribution < -0.4 is 0 Å². The van der Waals surface area contributed by atoms with E-state index in [1.807, 2.05) is 29.6 Å². The Morgan fingerprint density at radius 3 is 3.20 bits per heavy atom. The molecule has 2 heterocycles. The molecule has 0 saturated carbocycles. The van der Waals surface area contributed by atoms with Gasteiger partial charge in [-0.25, -0.2) is 4.98 Å². The number of aliphatic carboxylic acids is 1. The van der Waals surface area contributed by atoms with E-state index in [0.29, 0.717) is 11.1 Å². The Morgan fingerprint density at radius 1 is 1.80 bits per heavy atom. The molecule has 1 aromatic heterocycles. The molecule has 15 heavy (non-hydrogen) atoms. The smallest absolute Gasteiger partial charge is 0.311 e. The average Bonchev–Trinajstić information content (AvgIpc) is 2.75. The summed E-state index contributed by atoms with van der Waals surface area (Å²) in [7, 11) is 1.86. The number of rotatable bonds is 3. The molecular formula is C10H14N2O2S. The first-order valence-corrected chi connectivity index (χ1v) is 6.07. The molecule has 2 rings (SSSR count). The summed E-state index contributed by atoms with van der Waals surface area (Å²) < 4.78 is 1.82. The Morgan fingerprint density at radius 2 is 2.60 bits per heavy atom. The second-order valence-electron chi connectivity index (χ2n) is 3.77. The van der Waals surface area contributed by atoms with Gasteiger partial charge in [-0.3, -0.25) is 4.79 Å². The van der Waals surface area contributed by atoms with Gasteiger partial charge < -0.3 is 9.67 Å². The van der Waals surface area contributed by atoms with Crippen molar-refractivity contribution in [1.29, 1.82) is 0 Å². The standard InChI is InChI=1S/C10H14N2O2S/c1-12-6-7(8-3-2-4-15-8)11-9(12)5-10(13)14/h6,8H,2-5H2,1H3,(H,13,14). The summed E-state index contributed by atoms with van der Waals surface area (Å²) in [5, 5.41) is 9.18. The lowest BCUT2D eigenvalue weighted by Gasteiger charge is -2.01. The van der Waals surface area contributed by atoms with Gasteiger partial charge in [0.1, 0.15) is 12.2 Å².